The first kappa shape index (κ1) is 60.5. The smallest absolute Gasteiger partial charge is 0.306 e. The molecule has 0 bridgehead atoms. The van der Waals surface area contributed by atoms with Crippen LogP contribution in [-0.4, -0.2) is 70.0 Å². The van der Waals surface area contributed by atoms with Crippen molar-refractivity contribution in [2.75, 3.05) is 47.5 Å². The van der Waals surface area contributed by atoms with Gasteiger partial charge < -0.3 is 27.9 Å². The lowest BCUT2D eigenvalue weighted by Gasteiger charge is -2.28. The van der Waals surface area contributed by atoms with E-state index in [1.165, 1.54) is 161 Å². The minimum absolute atomic E-state index is 0.0350. The molecule has 0 N–H and O–H groups in total. The topological polar surface area (TPSA) is 111 Å². The summed E-state index contributed by atoms with van der Waals surface area (Å²) in [6, 6.07) is 0. The van der Waals surface area contributed by atoms with Crippen LogP contribution in [0.15, 0.2) is 24.3 Å². The Morgan fingerprint density at radius 2 is 0.839 bits per heavy atom. The van der Waals surface area contributed by atoms with E-state index < -0.39 is 32.5 Å². The third-order valence-electron chi connectivity index (χ3n) is 11.4. The van der Waals surface area contributed by atoms with Crippen LogP contribution < -0.4 is 4.89 Å². The molecule has 0 aromatic carbocycles. The maximum atomic E-state index is 12.7. The van der Waals surface area contributed by atoms with Gasteiger partial charge in [-0.25, -0.2) is 0 Å². The van der Waals surface area contributed by atoms with Gasteiger partial charge in [-0.15, -0.1) is 0 Å². The van der Waals surface area contributed by atoms with E-state index in [-0.39, 0.29) is 26.1 Å². The van der Waals surface area contributed by atoms with Gasteiger partial charge in [0.25, 0.3) is 7.82 Å². The molecular weight excluding hydrogens is 798 g/mol. The Labute approximate surface area is 383 Å². The minimum atomic E-state index is -4.64. The number of carbonyl (C=O) groups excluding carboxylic acids is 2. The quantitative estimate of drug-likeness (QED) is 0.0195. The van der Waals surface area contributed by atoms with Crippen LogP contribution in [-0.2, 0) is 32.7 Å². The third kappa shape index (κ3) is 48.0. The van der Waals surface area contributed by atoms with E-state index in [2.05, 4.69) is 38.2 Å². The average Bonchev–Trinajstić information content (AvgIpc) is 3.23. The normalized spacial score (nSPS) is 13.6. The molecule has 0 saturated carbocycles. The van der Waals surface area contributed by atoms with Crippen molar-refractivity contribution in [1.82, 2.24) is 0 Å². The van der Waals surface area contributed by atoms with Crippen molar-refractivity contribution in [3.05, 3.63) is 24.3 Å². The van der Waals surface area contributed by atoms with Gasteiger partial charge in [-0.05, 0) is 57.8 Å². The summed E-state index contributed by atoms with van der Waals surface area (Å²) < 4.78 is 34.0. The van der Waals surface area contributed by atoms with Crippen molar-refractivity contribution >= 4 is 19.8 Å². The van der Waals surface area contributed by atoms with Crippen molar-refractivity contribution in [3.63, 3.8) is 0 Å². The van der Waals surface area contributed by atoms with Gasteiger partial charge in [-0.1, -0.05) is 199 Å². The average molecular weight is 898 g/mol. The standard InChI is InChI=1S/C52H100NO8P/c1-6-8-10-12-14-16-18-20-22-23-24-25-26-27-28-29-31-33-35-37-39-41-43-45-52(55)61-50(49-60-62(56,57)59-47-46-53(3,4)5)48-58-51(54)44-42-40-38-36-34-32-30-21-19-17-15-13-11-9-7-2/h21,30,37,39,50H,6-20,22-29,31-36,38,40-49H2,1-5H3/b30-21+,39-37+/t50-/m1/s1. The Hall–Kier alpha value is -1.51. The van der Waals surface area contributed by atoms with Crippen LogP contribution in [0.3, 0.4) is 0 Å². The molecule has 0 radical (unpaired) electrons. The number of ether oxygens (including phenoxy) is 2. The number of unbranched alkanes of at least 4 members (excludes halogenated alkanes) is 30. The zero-order valence-electron chi connectivity index (χ0n) is 41.3. The molecule has 0 heterocycles. The zero-order chi connectivity index (χ0) is 45.7. The lowest BCUT2D eigenvalue weighted by Crippen LogP contribution is -2.37. The van der Waals surface area contributed by atoms with Gasteiger partial charge >= 0.3 is 11.9 Å². The second kappa shape index (κ2) is 44.7. The summed E-state index contributed by atoms with van der Waals surface area (Å²) in [5.41, 5.74) is 0. The number of phosphoric ester groups is 1. The third-order valence-corrected chi connectivity index (χ3v) is 12.4. The van der Waals surface area contributed by atoms with E-state index in [1.807, 2.05) is 21.1 Å². The van der Waals surface area contributed by atoms with Gasteiger partial charge in [0.15, 0.2) is 6.10 Å². The number of carbonyl (C=O) groups is 2. The molecule has 0 saturated heterocycles. The van der Waals surface area contributed by atoms with E-state index in [1.54, 1.807) is 0 Å². The molecule has 0 amide bonds. The lowest BCUT2D eigenvalue weighted by molar-refractivity contribution is -0.870. The van der Waals surface area contributed by atoms with Gasteiger partial charge in [-0.3, -0.25) is 14.2 Å². The van der Waals surface area contributed by atoms with Crippen LogP contribution >= 0.6 is 7.82 Å². The highest BCUT2D eigenvalue weighted by atomic mass is 31.2. The summed E-state index contributed by atoms with van der Waals surface area (Å²) in [7, 11) is 1.15. The van der Waals surface area contributed by atoms with Crippen LogP contribution in [0.2, 0.25) is 0 Å². The number of nitrogens with zero attached hydrogens (tertiary/aromatic N) is 1. The van der Waals surface area contributed by atoms with Gasteiger partial charge in [0.05, 0.1) is 27.7 Å². The molecule has 0 aromatic heterocycles. The Morgan fingerprint density at radius 1 is 0.484 bits per heavy atom. The van der Waals surface area contributed by atoms with Crippen molar-refractivity contribution < 1.29 is 42.1 Å². The Morgan fingerprint density at radius 3 is 1.24 bits per heavy atom. The second-order valence-electron chi connectivity index (χ2n) is 18.9. The number of hydrogen-bond acceptors (Lipinski definition) is 8. The summed E-state index contributed by atoms with van der Waals surface area (Å²) in [4.78, 5) is 37.7. The van der Waals surface area contributed by atoms with E-state index in [9.17, 15) is 19.0 Å². The highest BCUT2D eigenvalue weighted by molar-refractivity contribution is 7.45. The molecule has 366 valence electrons. The second-order valence-corrected chi connectivity index (χ2v) is 20.3. The number of quaternary nitrogens is 1. The summed E-state index contributed by atoms with van der Waals surface area (Å²) in [5.74, 6) is -0.872. The fraction of sp³-hybridized carbons (Fsp3) is 0.885. The highest BCUT2D eigenvalue weighted by Crippen LogP contribution is 2.38. The van der Waals surface area contributed by atoms with Crippen molar-refractivity contribution in [1.29, 1.82) is 0 Å². The molecule has 0 spiro atoms. The molecule has 0 aliphatic carbocycles. The fourth-order valence-corrected chi connectivity index (χ4v) is 8.09. The molecule has 10 heteroatoms. The van der Waals surface area contributed by atoms with E-state index >= 15 is 0 Å². The van der Waals surface area contributed by atoms with Crippen molar-refractivity contribution in [2.24, 2.45) is 0 Å². The van der Waals surface area contributed by atoms with E-state index in [4.69, 9.17) is 18.5 Å². The first-order chi connectivity index (χ1) is 30.0. The van der Waals surface area contributed by atoms with Crippen LogP contribution in [0.4, 0.5) is 0 Å². The number of esters is 2. The number of likely N-dealkylation sites (N-methyl/N-ethyl adjacent to an activating group) is 1. The predicted octanol–water partition coefficient (Wildman–Crippen LogP) is 14.8. The Bertz CT molecular complexity index is 1110. The predicted molar refractivity (Wildman–Crippen MR) is 259 cm³/mol. The van der Waals surface area contributed by atoms with Crippen LogP contribution in [0, 0.1) is 0 Å². The van der Waals surface area contributed by atoms with Crippen molar-refractivity contribution in [3.8, 4) is 0 Å². The van der Waals surface area contributed by atoms with E-state index in [0.717, 1.165) is 51.4 Å². The van der Waals surface area contributed by atoms with Crippen LogP contribution in [0.1, 0.15) is 245 Å². The molecule has 0 aromatic rings. The van der Waals surface area contributed by atoms with Gasteiger partial charge in [0.1, 0.15) is 19.8 Å². The molecule has 62 heavy (non-hydrogen) atoms. The maximum absolute atomic E-state index is 12.7. The SMILES string of the molecule is CCCCCCCC/C=C/CCCCCCCC(=O)OC[C@H](COP(=O)([O-])OCC[N+](C)(C)C)OC(=O)CCC/C=C/CCCCCCCCCCCCCCCCCCCC. The molecule has 9 nitrogen and oxygen atoms in total. The minimum Gasteiger partial charge on any atom is -0.756 e. The summed E-state index contributed by atoms with van der Waals surface area (Å²) in [6.45, 7) is 4.22. The molecular formula is C52H100NO8P. The van der Waals surface area contributed by atoms with Crippen LogP contribution in [0.5, 0.6) is 0 Å². The Balaban J connectivity index is 4.24. The van der Waals surface area contributed by atoms with Gasteiger partial charge in [0.2, 0.25) is 0 Å². The van der Waals surface area contributed by atoms with Crippen LogP contribution in [0.25, 0.3) is 0 Å². The molecule has 0 aliphatic rings. The molecule has 2 atom stereocenters. The van der Waals surface area contributed by atoms with Crippen molar-refractivity contribution in [2.45, 2.75) is 251 Å². The highest BCUT2D eigenvalue weighted by Gasteiger charge is 2.21. The number of rotatable bonds is 48. The first-order valence-corrected chi connectivity index (χ1v) is 27.5. The molecule has 1 unspecified atom stereocenters. The molecule has 0 aliphatic heterocycles. The first-order valence-electron chi connectivity index (χ1n) is 26.0. The molecule has 0 fully saturated rings. The number of allylic oxidation sites excluding steroid dienone is 4. The number of phosphoric acid groups is 1. The summed E-state index contributed by atoms with van der Waals surface area (Å²) in [5, 5.41) is 0. The summed E-state index contributed by atoms with van der Waals surface area (Å²) in [6.07, 6.45) is 50.8. The van der Waals surface area contributed by atoms with E-state index in [0.29, 0.717) is 17.4 Å². The van der Waals surface area contributed by atoms with Gasteiger partial charge in [0, 0.05) is 12.8 Å². The maximum Gasteiger partial charge on any atom is 0.306 e. The Kier molecular flexibility index (Phi) is 43.6. The fourth-order valence-electron chi connectivity index (χ4n) is 7.36. The van der Waals surface area contributed by atoms with Gasteiger partial charge in [-0.2, -0.15) is 0 Å². The lowest BCUT2D eigenvalue weighted by atomic mass is 10.0. The summed E-state index contributed by atoms with van der Waals surface area (Å²) >= 11 is 0. The zero-order valence-corrected chi connectivity index (χ0v) is 42.2. The largest absolute Gasteiger partial charge is 0.756 e. The number of hydrogen-bond donors (Lipinski definition) is 0. The molecule has 0 rings (SSSR count). The monoisotopic (exact) mass is 898 g/mol.